The van der Waals surface area contributed by atoms with Gasteiger partial charge in [-0.25, -0.2) is 0 Å². The zero-order valence-corrected chi connectivity index (χ0v) is 27.6. The van der Waals surface area contributed by atoms with Crippen LogP contribution in [0.1, 0.15) is 153 Å². The smallest absolute Gasteiger partial charge is 0.376 e. The highest BCUT2D eigenvalue weighted by Gasteiger charge is 2.48. The van der Waals surface area contributed by atoms with Gasteiger partial charge >= 0.3 is 15.6 Å². The minimum Gasteiger partial charge on any atom is -0.376 e. The van der Waals surface area contributed by atoms with Crippen LogP contribution in [0.15, 0.2) is 18.2 Å². The van der Waals surface area contributed by atoms with Gasteiger partial charge in [0.2, 0.25) is 0 Å². The van der Waals surface area contributed by atoms with Crippen LogP contribution >= 0.6 is 24.0 Å². The molecule has 0 aliphatic carbocycles. The number of benzene rings is 1. The molecule has 0 spiro atoms. The Kier molecular flexibility index (Phi) is 22.8. The van der Waals surface area contributed by atoms with Gasteiger partial charge in [-0.2, -0.15) is 21.6 Å². The van der Waals surface area contributed by atoms with Gasteiger partial charge in [0.05, 0.1) is 0 Å². The average Bonchev–Trinajstić information content (AvgIpc) is 2.86. The summed E-state index contributed by atoms with van der Waals surface area (Å²) in [7, 11) is -5.69. The number of hydrogen-bond acceptors (Lipinski definition) is 3. The molecule has 230 valence electrons. The van der Waals surface area contributed by atoms with Crippen molar-refractivity contribution in [3.8, 4) is 5.75 Å². The number of aryl methyl sites for hydroxylation is 1. The standard InChI is InChI=1S/C31H53F3O3S.HI/c1-3-5-7-9-11-13-15-17-19-21-24-28-25-23-27-30(37-38(35,36)31(32,33)34)29(28)26-22-20-18-16-14-12-10-8-6-4-2;/h23,25,27H,3-22,24,26H2,1-2H3;1H. The Morgan fingerprint density at radius 3 is 1.41 bits per heavy atom. The van der Waals surface area contributed by atoms with Crippen LogP contribution in [0.5, 0.6) is 5.75 Å². The van der Waals surface area contributed by atoms with Crippen molar-refractivity contribution in [2.24, 2.45) is 0 Å². The predicted octanol–water partition coefficient (Wildman–Crippen LogP) is 11.5. The molecule has 8 heteroatoms. The van der Waals surface area contributed by atoms with Gasteiger partial charge in [0.15, 0.2) is 0 Å². The molecule has 0 aliphatic heterocycles. The van der Waals surface area contributed by atoms with E-state index < -0.39 is 15.6 Å². The summed E-state index contributed by atoms with van der Waals surface area (Å²) < 4.78 is 67.1. The molecule has 0 amide bonds. The fourth-order valence-electron chi connectivity index (χ4n) is 4.96. The number of alkyl halides is 3. The van der Waals surface area contributed by atoms with Crippen molar-refractivity contribution in [2.45, 2.75) is 161 Å². The Labute approximate surface area is 254 Å². The Bertz CT molecular complexity index is 829. The molecule has 0 unspecified atom stereocenters. The first-order valence-electron chi connectivity index (χ1n) is 15.3. The fourth-order valence-corrected chi connectivity index (χ4v) is 5.45. The van der Waals surface area contributed by atoms with E-state index in [2.05, 4.69) is 18.0 Å². The van der Waals surface area contributed by atoms with Gasteiger partial charge in [0, 0.05) is 0 Å². The summed E-state index contributed by atoms with van der Waals surface area (Å²) >= 11 is 0. The molecular weight excluding hydrogens is 636 g/mol. The molecule has 0 aromatic heterocycles. The van der Waals surface area contributed by atoms with E-state index in [-0.39, 0.29) is 29.7 Å². The second kappa shape index (κ2) is 23.1. The SMILES string of the molecule is CCCCCCCCCCCCc1cccc(OS(=O)(=O)C(F)(F)F)c1CCCCCCCCCCCC.I. The van der Waals surface area contributed by atoms with Crippen molar-refractivity contribution < 1.29 is 25.8 Å². The summed E-state index contributed by atoms with van der Waals surface area (Å²) in [5.74, 6) is -0.164. The van der Waals surface area contributed by atoms with Crippen molar-refractivity contribution in [3.05, 3.63) is 29.3 Å². The maximum atomic E-state index is 13.0. The molecule has 0 fully saturated rings. The van der Waals surface area contributed by atoms with Gasteiger partial charge in [0.1, 0.15) is 5.75 Å². The molecule has 0 bridgehead atoms. The van der Waals surface area contributed by atoms with Gasteiger partial charge < -0.3 is 4.18 Å². The molecule has 0 radical (unpaired) electrons. The van der Waals surface area contributed by atoms with Gasteiger partial charge in [-0.05, 0) is 42.9 Å². The number of unbranched alkanes of at least 4 members (excludes halogenated alkanes) is 18. The summed E-state index contributed by atoms with van der Waals surface area (Å²) in [6, 6.07) is 4.87. The van der Waals surface area contributed by atoms with Gasteiger partial charge in [-0.1, -0.05) is 142 Å². The third-order valence-electron chi connectivity index (χ3n) is 7.29. The second-order valence-corrected chi connectivity index (χ2v) is 12.3. The van der Waals surface area contributed by atoms with Crippen molar-refractivity contribution >= 4 is 34.1 Å². The lowest BCUT2D eigenvalue weighted by molar-refractivity contribution is -0.0500. The average molecular weight is 691 g/mol. The fraction of sp³-hybridized carbons (Fsp3) is 0.806. The topological polar surface area (TPSA) is 43.4 Å². The van der Waals surface area contributed by atoms with E-state index in [4.69, 9.17) is 0 Å². The van der Waals surface area contributed by atoms with E-state index in [1.54, 1.807) is 6.07 Å². The highest BCUT2D eigenvalue weighted by Crippen LogP contribution is 2.32. The van der Waals surface area contributed by atoms with Gasteiger partial charge in [-0.3, -0.25) is 0 Å². The largest absolute Gasteiger partial charge is 0.534 e. The molecule has 1 rings (SSSR count). The van der Waals surface area contributed by atoms with E-state index in [1.165, 1.54) is 89.5 Å². The molecule has 1 aromatic carbocycles. The van der Waals surface area contributed by atoms with Crippen molar-refractivity contribution in [2.75, 3.05) is 0 Å². The van der Waals surface area contributed by atoms with Gasteiger partial charge in [0.25, 0.3) is 0 Å². The molecule has 0 N–H and O–H groups in total. The summed E-state index contributed by atoms with van der Waals surface area (Å²) in [5.41, 5.74) is -3.90. The monoisotopic (exact) mass is 690 g/mol. The highest BCUT2D eigenvalue weighted by atomic mass is 127. The van der Waals surface area contributed by atoms with Crippen LogP contribution in [0, 0.1) is 0 Å². The quantitative estimate of drug-likeness (QED) is 0.0469. The first kappa shape index (κ1) is 38.5. The molecular formula is C31H54F3IO3S. The number of rotatable bonds is 24. The predicted molar refractivity (Wildman–Crippen MR) is 169 cm³/mol. The Morgan fingerprint density at radius 1 is 0.615 bits per heavy atom. The van der Waals surface area contributed by atoms with Crippen LogP contribution in [0.25, 0.3) is 0 Å². The normalized spacial score (nSPS) is 11.9. The molecule has 0 heterocycles. The van der Waals surface area contributed by atoms with Crippen molar-refractivity contribution in [3.63, 3.8) is 0 Å². The lowest BCUT2D eigenvalue weighted by Gasteiger charge is -2.16. The summed E-state index contributed by atoms with van der Waals surface area (Å²) in [5, 5.41) is 0. The minimum absolute atomic E-state index is 0. The van der Waals surface area contributed by atoms with Crippen LogP contribution in [0.4, 0.5) is 13.2 Å². The van der Waals surface area contributed by atoms with Crippen molar-refractivity contribution in [1.82, 2.24) is 0 Å². The zero-order chi connectivity index (χ0) is 28.1. The highest BCUT2D eigenvalue weighted by molar-refractivity contribution is 14.0. The van der Waals surface area contributed by atoms with Crippen LogP contribution in [-0.2, 0) is 23.0 Å². The van der Waals surface area contributed by atoms with Crippen LogP contribution in [0.3, 0.4) is 0 Å². The molecule has 0 aliphatic rings. The lowest BCUT2D eigenvalue weighted by Crippen LogP contribution is -2.28. The van der Waals surface area contributed by atoms with E-state index in [0.717, 1.165) is 56.9 Å². The molecule has 0 atom stereocenters. The van der Waals surface area contributed by atoms with E-state index in [0.29, 0.717) is 12.0 Å². The third-order valence-corrected chi connectivity index (χ3v) is 8.26. The summed E-state index contributed by atoms with van der Waals surface area (Å²) in [4.78, 5) is 0. The van der Waals surface area contributed by atoms with E-state index in [1.807, 2.05) is 6.07 Å². The number of hydrogen-bond donors (Lipinski definition) is 0. The Hall–Kier alpha value is -0.510. The number of halogens is 4. The molecule has 39 heavy (non-hydrogen) atoms. The Morgan fingerprint density at radius 2 is 1.00 bits per heavy atom. The maximum absolute atomic E-state index is 13.0. The summed E-state index contributed by atoms with van der Waals surface area (Å²) in [6.45, 7) is 4.43. The molecule has 1 aromatic rings. The molecule has 0 saturated heterocycles. The van der Waals surface area contributed by atoms with Gasteiger partial charge in [-0.15, -0.1) is 24.0 Å². The van der Waals surface area contributed by atoms with Crippen LogP contribution < -0.4 is 4.18 Å². The van der Waals surface area contributed by atoms with E-state index >= 15 is 0 Å². The second-order valence-electron chi connectivity index (χ2n) is 10.7. The van der Waals surface area contributed by atoms with E-state index in [9.17, 15) is 21.6 Å². The first-order chi connectivity index (χ1) is 18.2. The zero-order valence-electron chi connectivity index (χ0n) is 24.5. The Balaban J connectivity index is 0.0000144. The third kappa shape index (κ3) is 17.8. The lowest BCUT2D eigenvalue weighted by atomic mass is 9.95. The van der Waals surface area contributed by atoms with Crippen LogP contribution in [-0.4, -0.2) is 13.9 Å². The van der Waals surface area contributed by atoms with Crippen molar-refractivity contribution in [1.29, 1.82) is 0 Å². The minimum atomic E-state index is -5.69. The summed E-state index contributed by atoms with van der Waals surface area (Å²) in [6.07, 6.45) is 25.0. The molecule has 0 saturated carbocycles. The molecule has 3 nitrogen and oxygen atoms in total. The first-order valence-corrected chi connectivity index (χ1v) is 16.7. The maximum Gasteiger partial charge on any atom is 0.534 e. The van der Waals surface area contributed by atoms with Crippen LogP contribution in [0.2, 0.25) is 0 Å².